The second-order valence-corrected chi connectivity index (χ2v) is 3.87. The number of carboxylic acids is 1. The third-order valence-corrected chi connectivity index (χ3v) is 2.64. The maximum Gasteiger partial charge on any atom is 0.313 e. The van der Waals surface area contributed by atoms with Crippen LogP contribution < -0.4 is 0 Å². The van der Waals surface area contributed by atoms with Crippen LogP contribution in [0.2, 0.25) is 5.02 Å². The smallest absolute Gasteiger partial charge is 0.313 e. The Morgan fingerprint density at radius 3 is 2.94 bits per heavy atom. The van der Waals surface area contributed by atoms with Crippen molar-refractivity contribution in [1.82, 2.24) is 9.97 Å². The molecule has 0 radical (unpaired) electrons. The molecule has 1 aromatic carbocycles. The number of hydrogen-bond acceptors (Lipinski definition) is 3. The van der Waals surface area contributed by atoms with Crippen LogP contribution in [-0.2, 0) is 4.79 Å². The standard InChI is InChI=1S/C11H9ClN2O2/c1-6(11(15)16)10-13-5-7-3-2-4-8(12)9(7)14-10/h2-6H,1H3,(H,15,16). The van der Waals surface area contributed by atoms with Crippen molar-refractivity contribution in [1.29, 1.82) is 0 Å². The predicted molar refractivity (Wildman–Crippen MR) is 60.6 cm³/mol. The Bertz CT molecular complexity index is 557. The summed E-state index contributed by atoms with van der Waals surface area (Å²) in [4.78, 5) is 19.0. The monoisotopic (exact) mass is 236 g/mol. The molecule has 0 aliphatic carbocycles. The van der Waals surface area contributed by atoms with Crippen LogP contribution in [0.5, 0.6) is 0 Å². The van der Waals surface area contributed by atoms with Crippen LogP contribution in [0.4, 0.5) is 0 Å². The zero-order chi connectivity index (χ0) is 11.7. The fourth-order valence-corrected chi connectivity index (χ4v) is 1.58. The Morgan fingerprint density at radius 1 is 1.50 bits per heavy atom. The third kappa shape index (κ3) is 1.84. The summed E-state index contributed by atoms with van der Waals surface area (Å²) in [6.45, 7) is 1.54. The molecule has 0 amide bonds. The molecule has 1 N–H and O–H groups in total. The molecule has 1 aromatic heterocycles. The molecule has 1 unspecified atom stereocenters. The number of rotatable bonds is 2. The minimum absolute atomic E-state index is 0.271. The molecule has 0 saturated carbocycles. The van der Waals surface area contributed by atoms with Crippen molar-refractivity contribution in [3.63, 3.8) is 0 Å². The van der Waals surface area contributed by atoms with E-state index in [4.69, 9.17) is 16.7 Å². The number of nitrogens with zero attached hydrogens (tertiary/aromatic N) is 2. The molecule has 2 aromatic rings. The maximum atomic E-state index is 10.8. The highest BCUT2D eigenvalue weighted by atomic mass is 35.5. The van der Waals surface area contributed by atoms with Gasteiger partial charge in [0.2, 0.25) is 0 Å². The first-order valence-corrected chi connectivity index (χ1v) is 5.11. The summed E-state index contributed by atoms with van der Waals surface area (Å²) in [7, 11) is 0. The fourth-order valence-electron chi connectivity index (χ4n) is 1.35. The lowest BCUT2D eigenvalue weighted by atomic mass is 10.1. The minimum Gasteiger partial charge on any atom is -0.481 e. The molecular formula is C11H9ClN2O2. The molecule has 0 bridgehead atoms. The summed E-state index contributed by atoms with van der Waals surface area (Å²) >= 11 is 5.98. The summed E-state index contributed by atoms with van der Waals surface area (Å²) in [5.74, 6) is -1.42. The maximum absolute atomic E-state index is 10.8. The molecule has 5 heteroatoms. The molecule has 0 spiro atoms. The van der Waals surface area contributed by atoms with Gasteiger partial charge in [0, 0.05) is 11.6 Å². The lowest BCUT2D eigenvalue weighted by molar-refractivity contribution is -0.138. The molecule has 0 aliphatic heterocycles. The highest BCUT2D eigenvalue weighted by Crippen LogP contribution is 2.22. The Balaban J connectivity index is 2.59. The predicted octanol–water partition coefficient (Wildman–Crippen LogP) is 2.47. The van der Waals surface area contributed by atoms with E-state index < -0.39 is 11.9 Å². The van der Waals surface area contributed by atoms with Crippen LogP contribution in [0, 0.1) is 0 Å². The van der Waals surface area contributed by atoms with Crippen molar-refractivity contribution in [2.45, 2.75) is 12.8 Å². The zero-order valence-electron chi connectivity index (χ0n) is 8.51. The van der Waals surface area contributed by atoms with Crippen molar-refractivity contribution in [3.8, 4) is 0 Å². The van der Waals surface area contributed by atoms with E-state index in [0.717, 1.165) is 5.39 Å². The van der Waals surface area contributed by atoms with Gasteiger partial charge in [0.25, 0.3) is 0 Å². The Morgan fingerprint density at radius 2 is 2.25 bits per heavy atom. The van der Waals surface area contributed by atoms with Crippen molar-refractivity contribution in [2.24, 2.45) is 0 Å². The lowest BCUT2D eigenvalue weighted by Crippen LogP contribution is -2.11. The van der Waals surface area contributed by atoms with Gasteiger partial charge >= 0.3 is 5.97 Å². The molecule has 0 saturated heterocycles. The van der Waals surface area contributed by atoms with Crippen molar-refractivity contribution >= 4 is 28.5 Å². The molecule has 1 heterocycles. The van der Waals surface area contributed by atoms with Crippen molar-refractivity contribution < 1.29 is 9.90 Å². The third-order valence-electron chi connectivity index (χ3n) is 2.34. The summed E-state index contributed by atoms with van der Waals surface area (Å²) in [5.41, 5.74) is 0.585. The number of para-hydroxylation sites is 1. The van der Waals surface area contributed by atoms with Gasteiger partial charge in [0.05, 0.1) is 10.5 Å². The van der Waals surface area contributed by atoms with Gasteiger partial charge in [-0.3, -0.25) is 4.79 Å². The average molecular weight is 237 g/mol. The first kappa shape index (κ1) is 10.8. The van der Waals surface area contributed by atoms with E-state index in [0.29, 0.717) is 10.5 Å². The second-order valence-electron chi connectivity index (χ2n) is 3.47. The number of aromatic nitrogens is 2. The zero-order valence-corrected chi connectivity index (χ0v) is 9.27. The van der Waals surface area contributed by atoms with Gasteiger partial charge in [-0.15, -0.1) is 0 Å². The Labute approximate surface area is 96.9 Å². The number of carbonyl (C=O) groups is 1. The largest absolute Gasteiger partial charge is 0.481 e. The Kier molecular flexibility index (Phi) is 2.75. The van der Waals surface area contributed by atoms with Gasteiger partial charge in [-0.1, -0.05) is 23.7 Å². The van der Waals surface area contributed by atoms with Gasteiger partial charge < -0.3 is 5.11 Å². The van der Waals surface area contributed by atoms with E-state index in [1.165, 1.54) is 0 Å². The van der Waals surface area contributed by atoms with E-state index in [-0.39, 0.29) is 5.82 Å². The molecule has 2 rings (SSSR count). The van der Waals surface area contributed by atoms with Crippen LogP contribution >= 0.6 is 11.6 Å². The van der Waals surface area contributed by atoms with E-state index in [9.17, 15) is 4.79 Å². The first-order chi connectivity index (χ1) is 7.59. The molecule has 16 heavy (non-hydrogen) atoms. The normalized spacial score (nSPS) is 12.6. The molecule has 82 valence electrons. The molecule has 0 fully saturated rings. The van der Waals surface area contributed by atoms with Crippen LogP contribution in [-0.4, -0.2) is 21.0 Å². The highest BCUT2D eigenvalue weighted by Gasteiger charge is 2.17. The minimum atomic E-state index is -0.952. The highest BCUT2D eigenvalue weighted by molar-refractivity contribution is 6.34. The Hall–Kier alpha value is -1.68. The van der Waals surface area contributed by atoms with Crippen LogP contribution in [0.1, 0.15) is 18.7 Å². The van der Waals surface area contributed by atoms with Gasteiger partial charge in [-0.25, -0.2) is 9.97 Å². The van der Waals surface area contributed by atoms with Gasteiger partial charge in [-0.2, -0.15) is 0 Å². The van der Waals surface area contributed by atoms with Gasteiger partial charge in [-0.05, 0) is 13.0 Å². The number of benzene rings is 1. The van der Waals surface area contributed by atoms with Gasteiger partial charge in [0.15, 0.2) is 0 Å². The lowest BCUT2D eigenvalue weighted by Gasteiger charge is -2.06. The van der Waals surface area contributed by atoms with E-state index in [1.807, 2.05) is 6.07 Å². The SMILES string of the molecule is CC(C(=O)O)c1ncc2cccc(Cl)c2n1. The summed E-state index contributed by atoms with van der Waals surface area (Å²) in [6.07, 6.45) is 1.59. The number of aliphatic carboxylic acids is 1. The summed E-state index contributed by atoms with van der Waals surface area (Å²) in [6, 6.07) is 5.34. The van der Waals surface area contributed by atoms with E-state index in [2.05, 4.69) is 9.97 Å². The molecular weight excluding hydrogens is 228 g/mol. The van der Waals surface area contributed by atoms with E-state index >= 15 is 0 Å². The summed E-state index contributed by atoms with van der Waals surface area (Å²) < 4.78 is 0. The topological polar surface area (TPSA) is 63.1 Å². The fraction of sp³-hybridized carbons (Fsp3) is 0.182. The van der Waals surface area contributed by atoms with Crippen LogP contribution in [0.15, 0.2) is 24.4 Å². The van der Waals surface area contributed by atoms with Crippen molar-refractivity contribution in [3.05, 3.63) is 35.2 Å². The van der Waals surface area contributed by atoms with Crippen LogP contribution in [0.3, 0.4) is 0 Å². The molecule has 0 aliphatic rings. The molecule has 4 nitrogen and oxygen atoms in total. The number of halogens is 1. The summed E-state index contributed by atoms with van der Waals surface area (Å²) in [5, 5.41) is 10.2. The first-order valence-electron chi connectivity index (χ1n) is 4.73. The molecule has 1 atom stereocenters. The number of carboxylic acid groups (broad SMARTS) is 1. The quantitative estimate of drug-likeness (QED) is 0.870. The second kappa shape index (κ2) is 4.06. The van der Waals surface area contributed by atoms with Crippen molar-refractivity contribution in [2.75, 3.05) is 0 Å². The number of fused-ring (bicyclic) bond motifs is 1. The van der Waals surface area contributed by atoms with E-state index in [1.54, 1.807) is 25.3 Å². The van der Waals surface area contributed by atoms with Crippen LogP contribution in [0.25, 0.3) is 10.9 Å². The van der Waals surface area contributed by atoms with Gasteiger partial charge in [0.1, 0.15) is 11.7 Å². The number of hydrogen-bond donors (Lipinski definition) is 1. The average Bonchev–Trinajstić information content (AvgIpc) is 2.28.